The number of carbonyl (C=O) groups excluding carboxylic acids is 1. The molecule has 14 heteroatoms. The number of fused-ring (bicyclic) bond motifs is 1. The Balaban J connectivity index is 1.27. The minimum atomic E-state index is -3.61. The maximum absolute atomic E-state index is 13.4. The summed E-state index contributed by atoms with van der Waals surface area (Å²) in [5.41, 5.74) is 1.99. The van der Waals surface area contributed by atoms with E-state index in [0.29, 0.717) is 31.1 Å². The molecule has 2 amide bonds. The lowest BCUT2D eigenvalue weighted by molar-refractivity contribution is 0.186. The van der Waals surface area contributed by atoms with Crippen molar-refractivity contribution >= 4 is 33.6 Å². The minimum Gasteiger partial charge on any atom is -0.489 e. The Hall–Kier alpha value is -4.17. The van der Waals surface area contributed by atoms with Crippen LogP contribution in [0, 0.1) is 0 Å². The number of carbonyl (C=O) groups is 1. The van der Waals surface area contributed by atoms with Gasteiger partial charge in [-0.15, -0.1) is 10.2 Å². The van der Waals surface area contributed by atoms with Gasteiger partial charge in [0, 0.05) is 30.5 Å². The molecule has 3 aromatic rings. The van der Waals surface area contributed by atoms with Crippen LogP contribution in [0.2, 0.25) is 0 Å². The molecule has 0 unspecified atom stereocenters. The zero-order chi connectivity index (χ0) is 34.5. The first-order valence-electron chi connectivity index (χ1n) is 16.6. The molecule has 0 radical (unpaired) electrons. The Morgan fingerprint density at radius 1 is 1.12 bits per heavy atom. The Labute approximate surface area is 283 Å². The van der Waals surface area contributed by atoms with Gasteiger partial charge in [0.15, 0.2) is 5.65 Å². The van der Waals surface area contributed by atoms with Crippen molar-refractivity contribution < 1.29 is 22.1 Å². The highest BCUT2D eigenvalue weighted by Gasteiger charge is 2.25. The van der Waals surface area contributed by atoms with Gasteiger partial charge in [0.1, 0.15) is 17.7 Å². The molecule has 4 heterocycles. The number of nitrogens with zero attached hydrogens (tertiary/aromatic N) is 6. The highest BCUT2D eigenvalue weighted by Crippen LogP contribution is 2.27. The molecule has 2 aliphatic rings. The average molecular weight is 681 g/mol. The van der Waals surface area contributed by atoms with Crippen LogP contribution in [0.1, 0.15) is 71.9 Å². The van der Waals surface area contributed by atoms with Gasteiger partial charge in [0.05, 0.1) is 37.3 Å². The van der Waals surface area contributed by atoms with Crippen molar-refractivity contribution in [1.82, 2.24) is 29.7 Å². The second-order valence-corrected chi connectivity index (χ2v) is 15.3. The van der Waals surface area contributed by atoms with Gasteiger partial charge >= 0.3 is 6.03 Å². The smallest absolute Gasteiger partial charge is 0.320 e. The summed E-state index contributed by atoms with van der Waals surface area (Å²) < 4.78 is 38.0. The fourth-order valence-corrected chi connectivity index (χ4v) is 6.26. The number of amides is 2. The van der Waals surface area contributed by atoms with Gasteiger partial charge in [0.25, 0.3) is 10.1 Å². The van der Waals surface area contributed by atoms with Crippen LogP contribution in [0.5, 0.6) is 5.75 Å². The van der Waals surface area contributed by atoms with Crippen molar-refractivity contribution in [3.05, 3.63) is 66.5 Å². The molecule has 2 N–H and O–H groups in total. The van der Waals surface area contributed by atoms with Crippen molar-refractivity contribution in [3.63, 3.8) is 0 Å². The third kappa shape index (κ3) is 9.25. The Bertz CT molecular complexity index is 1770. The fourth-order valence-electron chi connectivity index (χ4n) is 5.88. The second kappa shape index (κ2) is 14.9. The van der Waals surface area contributed by atoms with Crippen LogP contribution in [0.25, 0.3) is 5.65 Å². The van der Waals surface area contributed by atoms with Crippen molar-refractivity contribution in [2.45, 2.75) is 96.4 Å². The highest BCUT2D eigenvalue weighted by molar-refractivity contribution is 7.85. The van der Waals surface area contributed by atoms with E-state index >= 15 is 0 Å². The van der Waals surface area contributed by atoms with E-state index in [4.69, 9.17) is 8.92 Å². The van der Waals surface area contributed by atoms with Crippen molar-refractivity contribution in [2.24, 2.45) is 0 Å². The maximum Gasteiger partial charge on any atom is 0.320 e. The van der Waals surface area contributed by atoms with Crippen LogP contribution < -0.4 is 20.3 Å². The third-order valence-corrected chi connectivity index (χ3v) is 9.19. The van der Waals surface area contributed by atoms with E-state index in [9.17, 15) is 13.2 Å². The van der Waals surface area contributed by atoms with Crippen LogP contribution in [0.15, 0.2) is 60.9 Å². The number of rotatable bonds is 9. The fraction of sp³-hybridized carbons (Fsp3) is 0.529. The molecule has 3 aromatic heterocycles. The van der Waals surface area contributed by atoms with Gasteiger partial charge < -0.3 is 15.0 Å². The van der Waals surface area contributed by atoms with Crippen LogP contribution in [0.3, 0.4) is 0 Å². The molecule has 0 saturated carbocycles. The van der Waals surface area contributed by atoms with Gasteiger partial charge in [-0.2, -0.15) is 13.5 Å². The number of hydrogen-bond acceptors (Lipinski definition) is 9. The summed E-state index contributed by atoms with van der Waals surface area (Å²) in [5, 5.41) is 19.5. The first-order chi connectivity index (χ1) is 22.8. The van der Waals surface area contributed by atoms with E-state index < -0.39 is 16.1 Å². The zero-order valence-corrected chi connectivity index (χ0v) is 29.4. The van der Waals surface area contributed by atoms with Crippen molar-refractivity contribution in [2.75, 3.05) is 29.6 Å². The number of pyridine rings is 1. The Morgan fingerprint density at radius 3 is 2.69 bits per heavy atom. The molecular weight excluding hydrogens is 632 g/mol. The van der Waals surface area contributed by atoms with Crippen molar-refractivity contribution in [1.29, 1.82) is 0 Å². The van der Waals surface area contributed by atoms with Crippen LogP contribution in [-0.2, 0) is 26.3 Å². The lowest BCUT2D eigenvalue weighted by Gasteiger charge is -2.33. The minimum absolute atomic E-state index is 0.109. The van der Waals surface area contributed by atoms with Gasteiger partial charge in [-0.05, 0) is 56.7 Å². The average Bonchev–Trinajstić information content (AvgIpc) is 3.62. The molecule has 0 aromatic carbocycles. The number of aromatic nitrogens is 5. The number of piperidine rings is 1. The molecule has 13 nitrogen and oxygen atoms in total. The quantitative estimate of drug-likeness (QED) is 0.285. The predicted molar refractivity (Wildman–Crippen MR) is 187 cm³/mol. The molecule has 0 spiro atoms. The van der Waals surface area contributed by atoms with E-state index in [1.54, 1.807) is 10.7 Å². The highest BCUT2D eigenvalue weighted by atomic mass is 32.2. The van der Waals surface area contributed by atoms with E-state index in [0.717, 1.165) is 54.3 Å². The molecule has 1 aliphatic carbocycles. The molecule has 1 fully saturated rings. The first kappa shape index (κ1) is 35.1. The molecule has 260 valence electrons. The first-order valence-corrected chi connectivity index (χ1v) is 18.4. The molecular formula is C34H48N8O5S. The molecule has 1 saturated heterocycles. The van der Waals surface area contributed by atoms with Crippen molar-refractivity contribution in [3.8, 4) is 5.75 Å². The van der Waals surface area contributed by atoms with E-state index in [1.807, 2.05) is 61.7 Å². The number of allylic oxidation sites excluding steroid dienone is 2. The molecule has 5 rings (SSSR count). The number of nitrogens with one attached hydrogen (secondary N) is 2. The topological polar surface area (TPSA) is 145 Å². The molecule has 0 bridgehead atoms. The SMILES string of the molecule is C=C1/C=C\C=C/C[C@H](Oc2ccc3nnc(N4CCCC[C@@H]4C)n3c2)CC[C@@H]1NC(=O)Nc1cc(C(C)(C)C)nn1CCOS(C)(=O)=O. The molecule has 3 atom stereocenters. The van der Waals surface area contributed by atoms with Crippen LogP contribution in [0.4, 0.5) is 16.6 Å². The normalized spacial score (nSPS) is 22.3. The van der Waals surface area contributed by atoms with E-state index in [2.05, 4.69) is 50.4 Å². The largest absolute Gasteiger partial charge is 0.489 e. The molecule has 1 aliphatic heterocycles. The number of hydrogen-bond donors (Lipinski definition) is 2. The Morgan fingerprint density at radius 2 is 1.94 bits per heavy atom. The summed E-state index contributed by atoms with van der Waals surface area (Å²) in [6, 6.07) is 5.26. The monoisotopic (exact) mass is 680 g/mol. The number of urea groups is 1. The Kier molecular flexibility index (Phi) is 10.9. The second-order valence-electron chi connectivity index (χ2n) is 13.6. The maximum atomic E-state index is 13.4. The van der Waals surface area contributed by atoms with Crippen LogP contribution >= 0.6 is 0 Å². The van der Waals surface area contributed by atoms with Crippen LogP contribution in [-0.4, -0.2) is 76.4 Å². The lowest BCUT2D eigenvalue weighted by Crippen LogP contribution is -2.40. The third-order valence-electron chi connectivity index (χ3n) is 8.60. The van der Waals surface area contributed by atoms with Gasteiger partial charge in [0.2, 0.25) is 5.95 Å². The van der Waals surface area contributed by atoms with E-state index in [-0.39, 0.29) is 30.7 Å². The zero-order valence-electron chi connectivity index (χ0n) is 28.6. The van der Waals surface area contributed by atoms with Gasteiger partial charge in [-0.1, -0.05) is 51.7 Å². The summed E-state index contributed by atoms with van der Waals surface area (Å²) in [5.74, 6) is 1.99. The predicted octanol–water partition coefficient (Wildman–Crippen LogP) is 5.37. The summed E-state index contributed by atoms with van der Waals surface area (Å²) in [7, 11) is -3.61. The number of ether oxygens (including phenoxy) is 1. The summed E-state index contributed by atoms with van der Waals surface area (Å²) in [6.45, 7) is 13.5. The summed E-state index contributed by atoms with van der Waals surface area (Å²) in [4.78, 5) is 15.7. The lowest BCUT2D eigenvalue weighted by atomic mass is 9.92. The number of anilines is 2. The summed E-state index contributed by atoms with van der Waals surface area (Å²) in [6.07, 6.45) is 16.1. The van der Waals surface area contributed by atoms with E-state index in [1.165, 1.54) is 6.42 Å². The summed E-state index contributed by atoms with van der Waals surface area (Å²) >= 11 is 0. The van der Waals surface area contributed by atoms with Gasteiger partial charge in [-0.3, -0.25) is 13.9 Å². The molecule has 48 heavy (non-hydrogen) atoms. The van der Waals surface area contributed by atoms with Gasteiger partial charge in [-0.25, -0.2) is 9.48 Å². The standard InChI is InChI=1S/C34H48N8O5S/c1-24-12-8-7-9-14-26(47-27-16-18-30-37-38-33(41(30)23-27)40-19-11-10-13-25(40)2)15-17-28(24)35-32(43)36-31-22-29(34(3,4)5)39-42(31)20-21-46-48(6,44)45/h7-9,12,16,18,22-23,25-26,28H,1,10-11,13-15,17,19-21H2,2-6H3,(H2,35,36,43)/b9-7-,12-8-/t25-,26-,28-/m0/s1.